The Morgan fingerprint density at radius 3 is 1.74 bits per heavy atom. The van der Waals surface area contributed by atoms with Gasteiger partial charge in [-0.05, 0) is 26.2 Å². The van der Waals surface area contributed by atoms with Gasteiger partial charge in [0.1, 0.15) is 6.29 Å². The third-order valence-electron chi connectivity index (χ3n) is 5.44. The van der Waals surface area contributed by atoms with Crippen LogP contribution < -0.4 is 15.6 Å². The highest BCUT2D eigenvalue weighted by Crippen LogP contribution is 2.36. The van der Waals surface area contributed by atoms with E-state index in [1.165, 1.54) is 10.4 Å². The van der Waals surface area contributed by atoms with Gasteiger partial charge in [0.25, 0.3) is 0 Å². The maximum atomic E-state index is 11.7. The van der Waals surface area contributed by atoms with Gasteiger partial charge in [0, 0.05) is 5.56 Å². The monoisotopic (exact) mass is 374 g/mol. The molecule has 0 saturated heterocycles. The first-order valence-corrected chi connectivity index (χ1v) is 11.3. The van der Waals surface area contributed by atoms with Crippen LogP contribution in [0.25, 0.3) is 0 Å². The fourth-order valence-electron chi connectivity index (χ4n) is 4.37. The van der Waals surface area contributed by atoms with Gasteiger partial charge in [0.15, 0.2) is 8.07 Å². The third-order valence-corrected chi connectivity index (χ3v) is 11.4. The predicted octanol–water partition coefficient (Wildman–Crippen LogP) is 3.26. The Morgan fingerprint density at radius 1 is 0.815 bits per heavy atom. The van der Waals surface area contributed by atoms with Crippen molar-refractivity contribution in [3.8, 4) is 0 Å². The van der Waals surface area contributed by atoms with Crippen LogP contribution in [0.5, 0.6) is 0 Å². The molecule has 2 nitrogen and oxygen atoms in total. The van der Waals surface area contributed by atoms with Crippen molar-refractivity contribution >= 4 is 29.9 Å². The molecule has 138 valence electrons. The number of aldehydes is 1. The molecule has 0 fully saturated rings. The molecule has 0 aliphatic rings. The standard InChI is InChI=1S/C24H26O2Si/c1-24(2,3)27(20-12-6-4-7-13-20,21-14-8-5-9-15-21)23-16-10-11-19(17-25)22(23)18-26/h4-17,26H,18H2,1-3H3. The van der Waals surface area contributed by atoms with E-state index in [0.29, 0.717) is 5.56 Å². The molecule has 0 aliphatic heterocycles. The Kier molecular flexibility index (Phi) is 5.45. The second kappa shape index (κ2) is 7.63. The maximum absolute atomic E-state index is 11.7. The molecule has 0 saturated carbocycles. The lowest BCUT2D eigenvalue weighted by Crippen LogP contribution is -2.73. The summed E-state index contributed by atoms with van der Waals surface area (Å²) in [4.78, 5) is 11.7. The number of aliphatic hydroxyl groups is 1. The molecule has 3 rings (SSSR count). The maximum Gasteiger partial charge on any atom is 0.153 e. The minimum atomic E-state index is -2.56. The molecule has 0 amide bonds. The zero-order chi connectivity index (χ0) is 19.5. The zero-order valence-corrected chi connectivity index (χ0v) is 17.1. The Bertz CT molecular complexity index is 873. The fraction of sp³-hybridized carbons (Fsp3) is 0.208. The van der Waals surface area contributed by atoms with Gasteiger partial charge >= 0.3 is 0 Å². The van der Waals surface area contributed by atoms with Gasteiger partial charge in [-0.3, -0.25) is 4.79 Å². The van der Waals surface area contributed by atoms with Gasteiger partial charge in [-0.25, -0.2) is 0 Å². The summed E-state index contributed by atoms with van der Waals surface area (Å²) in [5.41, 5.74) is 1.32. The Balaban J connectivity index is 2.51. The van der Waals surface area contributed by atoms with Gasteiger partial charge in [-0.1, -0.05) is 99.6 Å². The summed E-state index contributed by atoms with van der Waals surface area (Å²) in [5, 5.41) is 13.8. The van der Waals surface area contributed by atoms with E-state index < -0.39 is 8.07 Å². The Hall–Kier alpha value is -2.49. The lowest BCUT2D eigenvalue weighted by atomic mass is 10.1. The van der Waals surface area contributed by atoms with Gasteiger partial charge in [-0.15, -0.1) is 0 Å². The lowest BCUT2D eigenvalue weighted by molar-refractivity contribution is 0.112. The molecule has 1 N–H and O–H groups in total. The average molecular weight is 375 g/mol. The van der Waals surface area contributed by atoms with Crippen molar-refractivity contribution in [3.05, 3.63) is 90.0 Å². The molecule has 27 heavy (non-hydrogen) atoms. The van der Waals surface area contributed by atoms with Crippen molar-refractivity contribution in [3.63, 3.8) is 0 Å². The highest BCUT2D eigenvalue weighted by atomic mass is 28.3. The van der Waals surface area contributed by atoms with E-state index in [0.717, 1.165) is 17.0 Å². The van der Waals surface area contributed by atoms with Crippen LogP contribution in [0.15, 0.2) is 78.9 Å². The number of carbonyl (C=O) groups is 1. The molecule has 0 aromatic heterocycles. The fourth-order valence-corrected chi connectivity index (χ4v) is 10.3. The number of hydrogen-bond acceptors (Lipinski definition) is 2. The first kappa shape index (κ1) is 19.3. The smallest absolute Gasteiger partial charge is 0.153 e. The van der Waals surface area contributed by atoms with Crippen molar-refractivity contribution in [2.24, 2.45) is 0 Å². The van der Waals surface area contributed by atoms with E-state index in [-0.39, 0.29) is 11.6 Å². The number of rotatable bonds is 5. The highest BCUT2D eigenvalue weighted by Gasteiger charge is 2.50. The highest BCUT2D eigenvalue weighted by molar-refractivity contribution is 7.13. The van der Waals surface area contributed by atoms with Crippen LogP contribution in [0.4, 0.5) is 0 Å². The number of benzene rings is 3. The van der Waals surface area contributed by atoms with Crippen molar-refractivity contribution in [1.82, 2.24) is 0 Å². The van der Waals surface area contributed by atoms with Crippen molar-refractivity contribution < 1.29 is 9.90 Å². The molecule has 3 heteroatoms. The molecule has 0 heterocycles. The summed E-state index contributed by atoms with van der Waals surface area (Å²) in [6.45, 7) is 6.67. The second-order valence-electron chi connectivity index (χ2n) is 7.88. The van der Waals surface area contributed by atoms with Crippen molar-refractivity contribution in [1.29, 1.82) is 0 Å². The van der Waals surface area contributed by atoms with E-state index in [9.17, 15) is 9.90 Å². The van der Waals surface area contributed by atoms with E-state index in [2.05, 4.69) is 75.4 Å². The summed E-state index contributed by atoms with van der Waals surface area (Å²) in [6.07, 6.45) is 0.854. The Morgan fingerprint density at radius 2 is 1.33 bits per heavy atom. The molecule has 0 aliphatic carbocycles. The third kappa shape index (κ3) is 3.18. The van der Waals surface area contributed by atoms with Crippen molar-refractivity contribution in [2.45, 2.75) is 32.4 Å². The quantitative estimate of drug-likeness (QED) is 0.423. The summed E-state index contributed by atoms with van der Waals surface area (Å²) in [6, 6.07) is 27.0. The first-order chi connectivity index (χ1) is 13.0. The summed E-state index contributed by atoms with van der Waals surface area (Å²) in [5.74, 6) is 0. The second-order valence-corrected chi connectivity index (χ2v) is 12.6. The number of aliphatic hydroxyl groups excluding tert-OH is 1. The van der Waals surface area contributed by atoms with E-state index in [1.807, 2.05) is 18.2 Å². The largest absolute Gasteiger partial charge is 0.392 e. The molecule has 0 spiro atoms. The molecule has 3 aromatic carbocycles. The number of carbonyl (C=O) groups excluding carboxylic acids is 1. The molecule has 0 unspecified atom stereocenters. The topological polar surface area (TPSA) is 37.3 Å². The lowest BCUT2D eigenvalue weighted by Gasteiger charge is -2.45. The van der Waals surface area contributed by atoms with Crippen LogP contribution >= 0.6 is 0 Å². The number of hydrogen-bond donors (Lipinski definition) is 1. The van der Waals surface area contributed by atoms with E-state index >= 15 is 0 Å². The predicted molar refractivity (Wildman–Crippen MR) is 115 cm³/mol. The normalized spacial score (nSPS) is 12.0. The molecule has 0 bridgehead atoms. The minimum absolute atomic E-state index is 0.0822. The van der Waals surface area contributed by atoms with Crippen LogP contribution in [0, 0.1) is 0 Å². The summed E-state index contributed by atoms with van der Waals surface area (Å²) < 4.78 is 0. The first-order valence-electron chi connectivity index (χ1n) is 9.26. The van der Waals surface area contributed by atoms with Gasteiger partial charge in [0.05, 0.1) is 6.61 Å². The van der Waals surface area contributed by atoms with Crippen molar-refractivity contribution in [2.75, 3.05) is 0 Å². The van der Waals surface area contributed by atoms with Gasteiger partial charge < -0.3 is 5.11 Å². The molecule has 3 aromatic rings. The average Bonchev–Trinajstić information content (AvgIpc) is 2.69. The van der Waals surface area contributed by atoms with Gasteiger partial charge in [-0.2, -0.15) is 0 Å². The Labute approximate surface area is 162 Å². The summed E-state index contributed by atoms with van der Waals surface area (Å²) >= 11 is 0. The molecule has 0 radical (unpaired) electrons. The van der Waals surface area contributed by atoms with Gasteiger partial charge in [0.2, 0.25) is 0 Å². The molecular weight excluding hydrogens is 348 g/mol. The SMILES string of the molecule is CC(C)(C)[Si](c1ccccc1)(c1ccccc1)c1cccc(C=O)c1CO. The van der Waals surface area contributed by atoms with Crippen LogP contribution in [0.3, 0.4) is 0 Å². The van der Waals surface area contributed by atoms with Crippen LogP contribution in [-0.4, -0.2) is 19.5 Å². The molecule has 0 atom stereocenters. The van der Waals surface area contributed by atoms with Crippen LogP contribution in [0.1, 0.15) is 36.7 Å². The molecular formula is C24H26O2Si. The minimum Gasteiger partial charge on any atom is -0.392 e. The van der Waals surface area contributed by atoms with E-state index in [4.69, 9.17) is 0 Å². The van der Waals surface area contributed by atoms with Crippen LogP contribution in [0.2, 0.25) is 5.04 Å². The summed E-state index contributed by atoms with van der Waals surface area (Å²) in [7, 11) is -2.56. The zero-order valence-electron chi connectivity index (χ0n) is 16.1. The van der Waals surface area contributed by atoms with E-state index in [1.54, 1.807) is 6.07 Å². The van der Waals surface area contributed by atoms with Crippen LogP contribution in [-0.2, 0) is 6.61 Å².